The van der Waals surface area contributed by atoms with Crippen LogP contribution in [-0.4, -0.2) is 22.8 Å². The number of aryl methyl sites for hydroxylation is 1. The molecule has 4 nitrogen and oxygen atoms in total. The van der Waals surface area contributed by atoms with E-state index in [0.717, 1.165) is 18.5 Å². The molecule has 2 aromatic rings. The lowest BCUT2D eigenvalue weighted by molar-refractivity contribution is 0.0370. The second kappa shape index (κ2) is 6.87. The van der Waals surface area contributed by atoms with E-state index >= 15 is 0 Å². The molecule has 0 saturated carbocycles. The van der Waals surface area contributed by atoms with Crippen molar-refractivity contribution < 1.29 is 14.3 Å². The van der Waals surface area contributed by atoms with Crippen molar-refractivity contribution in [1.29, 1.82) is 0 Å². The van der Waals surface area contributed by atoms with Gasteiger partial charge in [0.05, 0.1) is 6.10 Å². The fourth-order valence-electron chi connectivity index (χ4n) is 3.57. The Kier molecular flexibility index (Phi) is 4.80. The van der Waals surface area contributed by atoms with Crippen molar-refractivity contribution >= 4 is 11.8 Å². The summed E-state index contributed by atoms with van der Waals surface area (Å²) in [7, 11) is 0. The summed E-state index contributed by atoms with van der Waals surface area (Å²) < 4.78 is 5.29. The van der Waals surface area contributed by atoms with Gasteiger partial charge in [-0.05, 0) is 56.2 Å². The van der Waals surface area contributed by atoms with Gasteiger partial charge in [0.1, 0.15) is 5.69 Å². The van der Waals surface area contributed by atoms with E-state index in [1.54, 1.807) is 0 Å². The minimum absolute atomic E-state index is 0.100. The van der Waals surface area contributed by atoms with Gasteiger partial charge in [-0.2, -0.15) is 0 Å². The highest BCUT2D eigenvalue weighted by atomic mass is 16.5. The van der Waals surface area contributed by atoms with Crippen LogP contribution in [0, 0.1) is 6.92 Å². The normalized spacial score (nSPS) is 16.8. The van der Waals surface area contributed by atoms with E-state index in [4.69, 9.17) is 4.74 Å². The molecule has 1 aromatic carbocycles. The van der Waals surface area contributed by atoms with Gasteiger partial charge < -0.3 is 9.72 Å². The van der Waals surface area contributed by atoms with E-state index in [0.29, 0.717) is 23.2 Å². The first-order valence-corrected chi connectivity index (χ1v) is 8.95. The van der Waals surface area contributed by atoms with Crippen LogP contribution in [0.25, 0.3) is 0 Å². The third kappa shape index (κ3) is 3.39. The molecule has 0 aliphatic heterocycles. The molecule has 0 spiro atoms. The number of fused-ring (bicyclic) bond motifs is 1. The van der Waals surface area contributed by atoms with Gasteiger partial charge in [-0.15, -0.1) is 0 Å². The maximum absolute atomic E-state index is 12.7. The molecule has 1 atom stereocenters. The van der Waals surface area contributed by atoms with Gasteiger partial charge >= 0.3 is 5.97 Å². The minimum atomic E-state index is -0.390. The van der Waals surface area contributed by atoms with Gasteiger partial charge in [-0.3, -0.25) is 4.79 Å². The van der Waals surface area contributed by atoms with Crippen LogP contribution in [0.15, 0.2) is 24.3 Å². The number of hydrogen-bond donors (Lipinski definition) is 1. The second-order valence-electron chi connectivity index (χ2n) is 7.06. The summed E-state index contributed by atoms with van der Waals surface area (Å²) in [5, 5.41) is 0. The van der Waals surface area contributed by atoms with E-state index in [2.05, 4.69) is 36.2 Å². The van der Waals surface area contributed by atoms with E-state index in [-0.39, 0.29) is 17.8 Å². The van der Waals surface area contributed by atoms with Crippen LogP contribution in [0.1, 0.15) is 76.3 Å². The smallest absolute Gasteiger partial charge is 0.355 e. The number of aromatic amines is 1. The van der Waals surface area contributed by atoms with Crippen molar-refractivity contribution in [1.82, 2.24) is 4.98 Å². The number of esters is 1. The standard InChI is InChI=1S/C21H25NO3/c1-5-14-6-8-15(9-7-14)16-10-17-19(18(23)11-16)13(4)20(22-17)21(24)25-12(2)3/h6-9,12,16,22H,5,10-11H2,1-4H3. The summed E-state index contributed by atoms with van der Waals surface area (Å²) in [5.41, 5.74) is 5.13. The van der Waals surface area contributed by atoms with Crippen molar-refractivity contribution in [3.8, 4) is 0 Å². The number of rotatable bonds is 4. The third-order valence-corrected chi connectivity index (χ3v) is 4.90. The molecule has 0 fully saturated rings. The highest BCUT2D eigenvalue weighted by Crippen LogP contribution is 2.35. The van der Waals surface area contributed by atoms with Crippen molar-refractivity contribution in [2.75, 3.05) is 0 Å². The Morgan fingerprint density at radius 3 is 2.52 bits per heavy atom. The average Bonchev–Trinajstić information content (AvgIpc) is 2.91. The van der Waals surface area contributed by atoms with Gasteiger partial charge in [0.25, 0.3) is 0 Å². The molecule has 4 heteroatoms. The van der Waals surface area contributed by atoms with Crippen molar-refractivity contribution in [3.63, 3.8) is 0 Å². The topological polar surface area (TPSA) is 59.2 Å². The quantitative estimate of drug-likeness (QED) is 0.842. The number of benzene rings is 1. The molecule has 0 saturated heterocycles. The maximum atomic E-state index is 12.7. The number of aromatic nitrogens is 1. The first-order chi connectivity index (χ1) is 11.9. The van der Waals surface area contributed by atoms with Gasteiger partial charge in [-0.1, -0.05) is 31.2 Å². The second-order valence-corrected chi connectivity index (χ2v) is 7.06. The first-order valence-electron chi connectivity index (χ1n) is 8.95. The molecule has 25 heavy (non-hydrogen) atoms. The Hall–Kier alpha value is -2.36. The number of ketones is 1. The van der Waals surface area contributed by atoms with Crippen LogP contribution in [0.5, 0.6) is 0 Å². The highest BCUT2D eigenvalue weighted by Gasteiger charge is 2.32. The molecule has 1 aliphatic carbocycles. The largest absolute Gasteiger partial charge is 0.458 e. The first kappa shape index (κ1) is 17.5. The molecule has 0 amide bonds. The molecule has 132 valence electrons. The molecule has 1 aromatic heterocycles. The highest BCUT2D eigenvalue weighted by molar-refractivity contribution is 6.03. The van der Waals surface area contributed by atoms with Crippen LogP contribution in [0.3, 0.4) is 0 Å². The van der Waals surface area contributed by atoms with Crippen molar-refractivity contribution in [2.24, 2.45) is 0 Å². The van der Waals surface area contributed by atoms with Crippen LogP contribution >= 0.6 is 0 Å². The van der Waals surface area contributed by atoms with E-state index in [1.807, 2.05) is 20.8 Å². The molecule has 1 heterocycles. The lowest BCUT2D eigenvalue weighted by atomic mass is 9.81. The Morgan fingerprint density at radius 1 is 1.24 bits per heavy atom. The SMILES string of the molecule is CCc1ccc(C2CC(=O)c3c([nH]c(C(=O)OC(C)C)c3C)C2)cc1. The lowest BCUT2D eigenvalue weighted by Gasteiger charge is -2.22. The molecule has 1 unspecified atom stereocenters. The number of hydrogen-bond acceptors (Lipinski definition) is 3. The summed E-state index contributed by atoms with van der Waals surface area (Å²) in [6.45, 7) is 7.58. The number of nitrogens with one attached hydrogen (secondary N) is 1. The van der Waals surface area contributed by atoms with Gasteiger partial charge in [-0.25, -0.2) is 4.79 Å². The van der Waals surface area contributed by atoms with Crippen LogP contribution in [0.2, 0.25) is 0 Å². The zero-order valence-corrected chi connectivity index (χ0v) is 15.3. The van der Waals surface area contributed by atoms with Gasteiger partial charge in [0.15, 0.2) is 5.78 Å². The molecule has 3 rings (SSSR count). The van der Waals surface area contributed by atoms with E-state index < -0.39 is 5.97 Å². The van der Waals surface area contributed by atoms with Crippen LogP contribution in [0.4, 0.5) is 0 Å². The Labute approximate surface area is 148 Å². The molecule has 0 radical (unpaired) electrons. The Morgan fingerprint density at radius 2 is 1.92 bits per heavy atom. The predicted octanol–water partition coefficient (Wildman–Crippen LogP) is 4.36. The summed E-state index contributed by atoms with van der Waals surface area (Å²) in [6.07, 6.45) is 2.04. The van der Waals surface area contributed by atoms with Crippen LogP contribution in [-0.2, 0) is 17.6 Å². The maximum Gasteiger partial charge on any atom is 0.355 e. The lowest BCUT2D eigenvalue weighted by Crippen LogP contribution is -2.18. The van der Waals surface area contributed by atoms with Crippen LogP contribution < -0.4 is 0 Å². The predicted molar refractivity (Wildman–Crippen MR) is 97.3 cm³/mol. The number of carbonyl (C=O) groups excluding carboxylic acids is 2. The summed E-state index contributed by atoms with van der Waals surface area (Å²) >= 11 is 0. The Bertz CT molecular complexity index is 799. The third-order valence-electron chi connectivity index (χ3n) is 4.90. The zero-order chi connectivity index (χ0) is 18.1. The van der Waals surface area contributed by atoms with Gasteiger partial charge in [0.2, 0.25) is 0 Å². The number of carbonyl (C=O) groups is 2. The summed E-state index contributed by atoms with van der Waals surface area (Å²) in [6, 6.07) is 8.48. The van der Waals surface area contributed by atoms with Gasteiger partial charge in [0, 0.05) is 17.7 Å². The van der Waals surface area contributed by atoms with Crippen molar-refractivity contribution in [2.45, 2.75) is 59.0 Å². The fourth-order valence-corrected chi connectivity index (χ4v) is 3.57. The fraction of sp³-hybridized carbons (Fsp3) is 0.429. The molecular weight excluding hydrogens is 314 g/mol. The number of H-pyrrole nitrogens is 1. The van der Waals surface area contributed by atoms with E-state index in [9.17, 15) is 9.59 Å². The number of Topliss-reactive ketones (excluding diaryl/α,β-unsaturated/α-hetero) is 1. The monoisotopic (exact) mass is 339 g/mol. The average molecular weight is 339 g/mol. The molecule has 1 N–H and O–H groups in total. The minimum Gasteiger partial charge on any atom is -0.458 e. The van der Waals surface area contributed by atoms with E-state index in [1.165, 1.54) is 11.1 Å². The molecular formula is C21H25NO3. The molecule has 0 bridgehead atoms. The summed E-state index contributed by atoms with van der Waals surface area (Å²) in [5.74, 6) is -0.139. The Balaban J connectivity index is 1.89. The zero-order valence-electron chi connectivity index (χ0n) is 15.3. The number of ether oxygens (including phenoxy) is 1. The van der Waals surface area contributed by atoms with Crippen molar-refractivity contribution in [3.05, 3.63) is 57.9 Å². The summed E-state index contributed by atoms with van der Waals surface area (Å²) in [4.78, 5) is 28.1. The molecule has 1 aliphatic rings.